The molecule has 3 unspecified atom stereocenters. The lowest BCUT2D eigenvalue weighted by Gasteiger charge is -2.22. The molecule has 2 N–H and O–H groups in total. The monoisotopic (exact) mass is 286 g/mol. The zero-order valence-electron chi connectivity index (χ0n) is 12.0. The molecule has 2 aliphatic rings. The second kappa shape index (κ2) is 4.73. The highest BCUT2D eigenvalue weighted by Crippen LogP contribution is 2.49. The van der Waals surface area contributed by atoms with Gasteiger partial charge in [0.2, 0.25) is 0 Å². The Balaban J connectivity index is 1.68. The number of nitrogens with two attached hydrogens (primary N) is 1. The van der Waals surface area contributed by atoms with E-state index in [1.807, 2.05) is 0 Å². The Hall–Kier alpha value is -1.09. The zero-order valence-corrected chi connectivity index (χ0v) is 12.8. The van der Waals surface area contributed by atoms with E-state index in [4.69, 9.17) is 5.73 Å². The lowest BCUT2D eigenvalue weighted by atomic mass is 9.89. The summed E-state index contributed by atoms with van der Waals surface area (Å²) < 4.78 is 2.44. The van der Waals surface area contributed by atoms with Crippen molar-refractivity contribution in [2.45, 2.75) is 37.1 Å². The molecule has 2 nitrogen and oxygen atoms in total. The molecule has 2 aromatic rings. The highest BCUT2D eigenvalue weighted by atomic mass is 32.2. The van der Waals surface area contributed by atoms with Crippen LogP contribution in [-0.2, 0) is 6.54 Å². The van der Waals surface area contributed by atoms with Crippen LogP contribution in [0.1, 0.15) is 25.7 Å². The summed E-state index contributed by atoms with van der Waals surface area (Å²) >= 11 is 1.79. The molecule has 106 valence electrons. The minimum absolute atomic E-state index is 0.884. The molecule has 2 aliphatic carbocycles. The van der Waals surface area contributed by atoms with Crippen molar-refractivity contribution in [1.29, 1.82) is 0 Å². The Morgan fingerprint density at radius 2 is 2.20 bits per heavy atom. The molecule has 1 heterocycles. The second-order valence-electron chi connectivity index (χ2n) is 6.56. The van der Waals surface area contributed by atoms with Crippen LogP contribution in [0.15, 0.2) is 29.3 Å². The molecule has 0 aliphatic heterocycles. The van der Waals surface area contributed by atoms with Gasteiger partial charge in [-0.1, -0.05) is 6.42 Å². The van der Waals surface area contributed by atoms with Crippen LogP contribution in [0.3, 0.4) is 0 Å². The molecule has 2 bridgehead atoms. The number of aromatic nitrogens is 1. The molecular formula is C17H22N2S. The highest BCUT2D eigenvalue weighted by Gasteiger charge is 2.39. The van der Waals surface area contributed by atoms with E-state index >= 15 is 0 Å². The van der Waals surface area contributed by atoms with E-state index in [0.717, 1.165) is 23.4 Å². The van der Waals surface area contributed by atoms with Gasteiger partial charge in [0, 0.05) is 28.7 Å². The summed E-state index contributed by atoms with van der Waals surface area (Å²) in [6, 6.07) is 6.49. The Kier molecular flexibility index (Phi) is 2.99. The van der Waals surface area contributed by atoms with Crippen molar-refractivity contribution in [3.8, 4) is 0 Å². The maximum Gasteiger partial charge on any atom is 0.0512 e. The third-order valence-corrected chi connectivity index (χ3v) is 6.19. The minimum Gasteiger partial charge on any atom is -0.399 e. The fourth-order valence-corrected chi connectivity index (χ4v) is 5.11. The summed E-state index contributed by atoms with van der Waals surface area (Å²) in [5.41, 5.74) is 8.27. The minimum atomic E-state index is 0.884. The first kappa shape index (κ1) is 12.6. The van der Waals surface area contributed by atoms with Gasteiger partial charge >= 0.3 is 0 Å². The molecule has 2 fully saturated rings. The molecular weight excluding hydrogens is 264 g/mol. The maximum absolute atomic E-state index is 6.07. The summed E-state index contributed by atoms with van der Waals surface area (Å²) in [6.45, 7) is 1.18. The highest BCUT2D eigenvalue weighted by molar-refractivity contribution is 7.98. The molecule has 3 heteroatoms. The Bertz CT molecular complexity index is 646. The van der Waals surface area contributed by atoms with E-state index in [1.165, 1.54) is 48.0 Å². The van der Waals surface area contributed by atoms with Gasteiger partial charge in [-0.05, 0) is 61.5 Å². The number of hydrogen-bond acceptors (Lipinski definition) is 2. The van der Waals surface area contributed by atoms with E-state index in [1.54, 1.807) is 11.8 Å². The van der Waals surface area contributed by atoms with Crippen LogP contribution in [0.25, 0.3) is 10.9 Å². The average molecular weight is 286 g/mol. The van der Waals surface area contributed by atoms with E-state index in [2.05, 4.69) is 35.2 Å². The summed E-state index contributed by atoms with van der Waals surface area (Å²) in [7, 11) is 0. The first-order valence-corrected chi connectivity index (χ1v) is 8.89. The van der Waals surface area contributed by atoms with Gasteiger partial charge < -0.3 is 10.3 Å². The van der Waals surface area contributed by atoms with Crippen LogP contribution < -0.4 is 5.73 Å². The normalized spacial score (nSPS) is 28.6. The predicted molar refractivity (Wildman–Crippen MR) is 87.1 cm³/mol. The molecule has 1 aromatic carbocycles. The van der Waals surface area contributed by atoms with Crippen molar-refractivity contribution in [2.24, 2.45) is 17.8 Å². The number of rotatable bonds is 3. The van der Waals surface area contributed by atoms with Gasteiger partial charge in [-0.15, -0.1) is 11.8 Å². The van der Waals surface area contributed by atoms with Crippen LogP contribution in [-0.4, -0.2) is 10.8 Å². The molecule has 0 radical (unpaired) electrons. The quantitative estimate of drug-likeness (QED) is 0.670. The van der Waals surface area contributed by atoms with Crippen molar-refractivity contribution in [1.82, 2.24) is 4.57 Å². The summed E-state index contributed by atoms with van der Waals surface area (Å²) in [5, 5.41) is 1.36. The van der Waals surface area contributed by atoms with Crippen molar-refractivity contribution >= 4 is 28.4 Å². The van der Waals surface area contributed by atoms with Crippen molar-refractivity contribution in [2.75, 3.05) is 12.0 Å². The SMILES string of the molecule is CSc1cc(N)cc2c1ccn2CC1CC2CCC1C2. The molecule has 20 heavy (non-hydrogen) atoms. The van der Waals surface area contributed by atoms with Crippen molar-refractivity contribution in [3.05, 3.63) is 24.4 Å². The van der Waals surface area contributed by atoms with Gasteiger partial charge in [0.15, 0.2) is 0 Å². The molecule has 0 spiro atoms. The summed E-state index contributed by atoms with van der Waals surface area (Å²) in [4.78, 5) is 1.30. The van der Waals surface area contributed by atoms with Gasteiger partial charge in [-0.25, -0.2) is 0 Å². The van der Waals surface area contributed by atoms with E-state index < -0.39 is 0 Å². The third-order valence-electron chi connectivity index (χ3n) is 5.41. The van der Waals surface area contributed by atoms with Gasteiger partial charge in [-0.2, -0.15) is 0 Å². The first-order chi connectivity index (χ1) is 9.74. The lowest BCUT2D eigenvalue weighted by molar-refractivity contribution is 0.299. The number of nitrogen functional groups attached to an aromatic ring is 1. The number of hydrogen-bond donors (Lipinski definition) is 1. The first-order valence-electron chi connectivity index (χ1n) is 7.67. The average Bonchev–Trinajstić information content (AvgIpc) is 3.14. The lowest BCUT2D eigenvalue weighted by Crippen LogP contribution is -2.16. The predicted octanol–water partition coefficient (Wildman–Crippen LogP) is 4.38. The molecule has 2 saturated carbocycles. The van der Waals surface area contributed by atoms with Gasteiger partial charge in [0.1, 0.15) is 0 Å². The molecule has 0 amide bonds. The van der Waals surface area contributed by atoms with Gasteiger partial charge in [0.05, 0.1) is 5.52 Å². The standard InChI is InChI=1S/C17H22N2S/c1-20-17-9-14(18)8-16-15(17)4-5-19(16)10-13-7-11-2-3-12(13)6-11/h4-5,8-9,11-13H,2-3,6-7,10,18H2,1H3. The van der Waals surface area contributed by atoms with Crippen LogP contribution >= 0.6 is 11.8 Å². The third kappa shape index (κ3) is 1.95. The Morgan fingerprint density at radius 3 is 2.90 bits per heavy atom. The number of thioether (sulfide) groups is 1. The van der Waals surface area contributed by atoms with Crippen molar-refractivity contribution < 1.29 is 0 Å². The number of anilines is 1. The second-order valence-corrected chi connectivity index (χ2v) is 7.41. The van der Waals surface area contributed by atoms with Crippen molar-refractivity contribution in [3.63, 3.8) is 0 Å². The van der Waals surface area contributed by atoms with Gasteiger partial charge in [0.25, 0.3) is 0 Å². The number of nitrogens with zero attached hydrogens (tertiary/aromatic N) is 1. The van der Waals surface area contributed by atoms with Gasteiger partial charge in [-0.3, -0.25) is 0 Å². The van der Waals surface area contributed by atoms with E-state index in [9.17, 15) is 0 Å². The zero-order chi connectivity index (χ0) is 13.7. The van der Waals surface area contributed by atoms with Crippen LogP contribution in [0.2, 0.25) is 0 Å². The molecule has 4 rings (SSSR count). The number of benzene rings is 1. The smallest absolute Gasteiger partial charge is 0.0512 e. The van der Waals surface area contributed by atoms with E-state index in [-0.39, 0.29) is 0 Å². The molecule has 3 atom stereocenters. The van der Waals surface area contributed by atoms with Crippen LogP contribution in [0, 0.1) is 17.8 Å². The van der Waals surface area contributed by atoms with Crippen LogP contribution in [0.4, 0.5) is 5.69 Å². The fraction of sp³-hybridized carbons (Fsp3) is 0.529. The molecule has 0 saturated heterocycles. The number of fused-ring (bicyclic) bond motifs is 3. The Labute approximate surface area is 124 Å². The maximum atomic E-state index is 6.07. The Morgan fingerprint density at radius 1 is 1.30 bits per heavy atom. The van der Waals surface area contributed by atoms with E-state index in [0.29, 0.717) is 0 Å². The largest absolute Gasteiger partial charge is 0.399 e. The summed E-state index contributed by atoms with van der Waals surface area (Å²) in [5.74, 6) is 2.90. The molecule has 1 aromatic heterocycles. The topological polar surface area (TPSA) is 30.9 Å². The fourth-order valence-electron chi connectivity index (χ4n) is 4.46. The van der Waals surface area contributed by atoms with Crippen LogP contribution in [0.5, 0.6) is 0 Å². The summed E-state index contributed by atoms with van der Waals surface area (Å²) in [6.07, 6.45) is 10.3.